The second kappa shape index (κ2) is 8.93. The Labute approximate surface area is 190 Å². The standard InChI is InChI=1S/C26H25F3N2O2/c1-3-5-22(16-8-10-18(11-9-16)26(27,28)29)31-23-13-12-19(30-2)15-21(23)20-7-4-6-17(25(20)31)14-24(32)33/h8-13,15,17,22H,3-7,14H2,1H3,(H,32,33). The minimum atomic E-state index is -4.40. The first-order valence-corrected chi connectivity index (χ1v) is 11.2. The van der Waals surface area contributed by atoms with Crippen LogP contribution in [0, 0.1) is 6.57 Å². The molecule has 0 aliphatic heterocycles. The molecule has 0 spiro atoms. The van der Waals surface area contributed by atoms with Crippen LogP contribution in [0.15, 0.2) is 42.5 Å². The summed E-state index contributed by atoms with van der Waals surface area (Å²) in [6, 6.07) is 10.6. The number of fused-ring (bicyclic) bond motifs is 3. The molecule has 0 saturated carbocycles. The van der Waals surface area contributed by atoms with Gasteiger partial charge in [0.15, 0.2) is 5.69 Å². The van der Waals surface area contributed by atoms with Crippen molar-refractivity contribution in [3.05, 3.63) is 76.3 Å². The van der Waals surface area contributed by atoms with Gasteiger partial charge in [-0.1, -0.05) is 31.5 Å². The van der Waals surface area contributed by atoms with E-state index in [9.17, 15) is 23.1 Å². The number of alkyl halides is 3. The molecule has 2 aromatic carbocycles. The second-order valence-corrected chi connectivity index (χ2v) is 8.66. The van der Waals surface area contributed by atoms with Crippen LogP contribution in [0.1, 0.15) is 73.4 Å². The zero-order valence-electron chi connectivity index (χ0n) is 18.3. The molecule has 2 atom stereocenters. The molecule has 0 amide bonds. The molecular weight excluding hydrogens is 429 g/mol. The maximum atomic E-state index is 13.1. The molecule has 0 saturated heterocycles. The molecule has 7 heteroatoms. The van der Waals surface area contributed by atoms with Crippen LogP contribution in [0.25, 0.3) is 15.7 Å². The fourth-order valence-corrected chi connectivity index (χ4v) is 5.18. The maximum absolute atomic E-state index is 13.1. The molecule has 0 fully saturated rings. The third kappa shape index (κ3) is 4.35. The van der Waals surface area contributed by atoms with Crippen molar-refractivity contribution < 1.29 is 23.1 Å². The molecular formula is C26H25F3N2O2. The van der Waals surface area contributed by atoms with Gasteiger partial charge in [-0.15, -0.1) is 0 Å². The van der Waals surface area contributed by atoms with Crippen LogP contribution < -0.4 is 0 Å². The monoisotopic (exact) mass is 454 g/mol. The Bertz CT molecular complexity index is 1220. The lowest BCUT2D eigenvalue weighted by molar-refractivity contribution is -0.138. The largest absolute Gasteiger partial charge is 0.481 e. The summed E-state index contributed by atoms with van der Waals surface area (Å²) in [5.41, 5.74) is 3.53. The van der Waals surface area contributed by atoms with Crippen molar-refractivity contribution in [1.82, 2.24) is 4.57 Å². The van der Waals surface area contributed by atoms with E-state index in [0.29, 0.717) is 12.1 Å². The summed E-state index contributed by atoms with van der Waals surface area (Å²) in [4.78, 5) is 15.2. The fourth-order valence-electron chi connectivity index (χ4n) is 5.18. The first-order valence-electron chi connectivity index (χ1n) is 11.2. The van der Waals surface area contributed by atoms with Gasteiger partial charge in [-0.2, -0.15) is 13.2 Å². The zero-order valence-corrected chi connectivity index (χ0v) is 18.3. The van der Waals surface area contributed by atoms with Crippen LogP contribution in [-0.2, 0) is 17.4 Å². The Morgan fingerprint density at radius 2 is 1.97 bits per heavy atom. The molecule has 1 aliphatic carbocycles. The molecule has 1 heterocycles. The second-order valence-electron chi connectivity index (χ2n) is 8.66. The first-order chi connectivity index (χ1) is 15.7. The summed E-state index contributed by atoms with van der Waals surface area (Å²) in [5.74, 6) is -1.04. The summed E-state index contributed by atoms with van der Waals surface area (Å²) >= 11 is 0. The quantitative estimate of drug-likeness (QED) is 0.392. The third-order valence-corrected chi connectivity index (χ3v) is 6.55. The summed E-state index contributed by atoms with van der Waals surface area (Å²) in [5, 5.41) is 10.5. The lowest BCUT2D eigenvalue weighted by Crippen LogP contribution is -2.21. The molecule has 3 aromatic rings. The van der Waals surface area contributed by atoms with E-state index in [-0.39, 0.29) is 18.4 Å². The Morgan fingerprint density at radius 1 is 1.24 bits per heavy atom. The van der Waals surface area contributed by atoms with Crippen LogP contribution in [0.3, 0.4) is 0 Å². The van der Waals surface area contributed by atoms with Gasteiger partial charge in [0.1, 0.15) is 0 Å². The van der Waals surface area contributed by atoms with Crippen molar-refractivity contribution >= 4 is 22.6 Å². The molecule has 0 bridgehead atoms. The number of carboxylic acids is 1. The van der Waals surface area contributed by atoms with E-state index in [2.05, 4.69) is 9.41 Å². The van der Waals surface area contributed by atoms with Gasteiger partial charge in [-0.3, -0.25) is 4.79 Å². The van der Waals surface area contributed by atoms with Gasteiger partial charge in [0.25, 0.3) is 0 Å². The van der Waals surface area contributed by atoms with Crippen molar-refractivity contribution in [3.63, 3.8) is 0 Å². The van der Waals surface area contributed by atoms with Crippen LogP contribution in [0.5, 0.6) is 0 Å². The van der Waals surface area contributed by atoms with Gasteiger partial charge in [0, 0.05) is 17.1 Å². The van der Waals surface area contributed by atoms with E-state index >= 15 is 0 Å². The topological polar surface area (TPSA) is 46.6 Å². The lowest BCUT2D eigenvalue weighted by atomic mass is 9.84. The van der Waals surface area contributed by atoms with E-state index in [4.69, 9.17) is 6.57 Å². The minimum absolute atomic E-state index is 0.00482. The predicted molar refractivity (Wildman–Crippen MR) is 121 cm³/mol. The molecule has 4 rings (SSSR count). The third-order valence-electron chi connectivity index (χ3n) is 6.55. The Hall–Kier alpha value is -3.27. The van der Waals surface area contributed by atoms with Gasteiger partial charge in [-0.05, 0) is 66.5 Å². The van der Waals surface area contributed by atoms with E-state index in [1.807, 2.05) is 19.1 Å². The Morgan fingerprint density at radius 3 is 2.58 bits per heavy atom. The average molecular weight is 454 g/mol. The van der Waals surface area contributed by atoms with Gasteiger partial charge in [0.05, 0.1) is 24.6 Å². The van der Waals surface area contributed by atoms with Gasteiger partial charge in [-0.25, -0.2) is 4.85 Å². The molecule has 1 N–H and O–H groups in total. The SMILES string of the molecule is [C-]#[N+]c1ccc2c(c1)c1c(n2C(CCC)c2ccc(C(F)(F)F)cc2)C(CC(=O)O)CCC1. The number of carbonyl (C=O) groups is 1. The Balaban J connectivity index is 1.95. The van der Waals surface area contributed by atoms with Crippen molar-refractivity contribution in [2.75, 3.05) is 0 Å². The van der Waals surface area contributed by atoms with Gasteiger partial charge >= 0.3 is 12.1 Å². The molecule has 0 radical (unpaired) electrons. The van der Waals surface area contributed by atoms with E-state index in [1.54, 1.807) is 6.07 Å². The highest BCUT2D eigenvalue weighted by Gasteiger charge is 2.33. The normalized spacial score (nSPS) is 16.9. The number of benzene rings is 2. The number of halogens is 3. The number of rotatable bonds is 6. The molecule has 4 nitrogen and oxygen atoms in total. The summed E-state index contributed by atoms with van der Waals surface area (Å²) in [7, 11) is 0. The summed E-state index contributed by atoms with van der Waals surface area (Å²) < 4.78 is 41.6. The number of aliphatic carboxylic acids is 1. The highest BCUT2D eigenvalue weighted by Crippen LogP contribution is 2.45. The van der Waals surface area contributed by atoms with Crippen molar-refractivity contribution in [2.45, 2.75) is 63.6 Å². The average Bonchev–Trinajstić information content (AvgIpc) is 3.11. The molecule has 2 unspecified atom stereocenters. The highest BCUT2D eigenvalue weighted by molar-refractivity contribution is 5.90. The number of carboxylic acid groups (broad SMARTS) is 1. The number of hydrogen-bond donors (Lipinski definition) is 1. The van der Waals surface area contributed by atoms with Gasteiger partial charge in [0.2, 0.25) is 0 Å². The number of aryl methyl sites for hydroxylation is 1. The smallest absolute Gasteiger partial charge is 0.416 e. The summed E-state index contributed by atoms with van der Waals surface area (Å²) in [6.45, 7) is 9.43. The fraction of sp³-hybridized carbons (Fsp3) is 0.385. The minimum Gasteiger partial charge on any atom is -0.481 e. The maximum Gasteiger partial charge on any atom is 0.416 e. The first kappa shape index (κ1) is 22.9. The van der Waals surface area contributed by atoms with Gasteiger partial charge < -0.3 is 9.67 Å². The van der Waals surface area contributed by atoms with E-state index in [1.165, 1.54) is 12.1 Å². The van der Waals surface area contributed by atoms with Crippen molar-refractivity contribution in [2.24, 2.45) is 0 Å². The van der Waals surface area contributed by atoms with Crippen molar-refractivity contribution in [3.8, 4) is 0 Å². The highest BCUT2D eigenvalue weighted by atomic mass is 19.4. The van der Waals surface area contributed by atoms with Crippen LogP contribution >= 0.6 is 0 Å². The van der Waals surface area contributed by atoms with Crippen LogP contribution in [0.2, 0.25) is 0 Å². The predicted octanol–water partition coefficient (Wildman–Crippen LogP) is 7.49. The Kier molecular flexibility index (Phi) is 6.20. The zero-order chi connectivity index (χ0) is 23.8. The number of aromatic nitrogens is 1. The van der Waals surface area contributed by atoms with Crippen LogP contribution in [-0.4, -0.2) is 15.6 Å². The molecule has 172 valence electrons. The molecule has 1 aliphatic rings. The van der Waals surface area contributed by atoms with E-state index < -0.39 is 17.7 Å². The lowest BCUT2D eigenvalue weighted by Gasteiger charge is -2.29. The van der Waals surface area contributed by atoms with Crippen molar-refractivity contribution in [1.29, 1.82) is 0 Å². The molecule has 33 heavy (non-hydrogen) atoms. The molecule has 1 aromatic heterocycles. The van der Waals surface area contributed by atoms with Crippen LogP contribution in [0.4, 0.5) is 18.9 Å². The number of hydrogen-bond acceptors (Lipinski definition) is 1. The summed E-state index contributed by atoms with van der Waals surface area (Å²) in [6.07, 6.45) is -0.480. The van der Waals surface area contributed by atoms with E-state index in [0.717, 1.165) is 65.5 Å². The number of nitrogens with zero attached hydrogens (tertiary/aromatic N) is 2.